The maximum Gasteiger partial charge on any atom is 0.241 e. The summed E-state index contributed by atoms with van der Waals surface area (Å²) in [7, 11) is -0.555. The number of carbonyl (C=O) groups excluding carboxylic acids is 1. The summed E-state index contributed by atoms with van der Waals surface area (Å²) in [6.07, 6.45) is 1.10. The first-order chi connectivity index (χ1) is 14.1. The van der Waals surface area contributed by atoms with Crippen molar-refractivity contribution in [3.63, 3.8) is 0 Å². The van der Waals surface area contributed by atoms with Crippen LogP contribution in [0.1, 0.15) is 43.9 Å². The maximum atomic E-state index is 12.8. The Morgan fingerprint density at radius 2 is 1.70 bits per heavy atom. The van der Waals surface area contributed by atoms with E-state index in [2.05, 4.69) is 5.32 Å². The van der Waals surface area contributed by atoms with Crippen molar-refractivity contribution in [2.24, 2.45) is 0 Å². The molecule has 1 N–H and O–H groups in total. The van der Waals surface area contributed by atoms with Crippen LogP contribution in [0.2, 0.25) is 0 Å². The molecular weight excluding hydrogens is 404 g/mol. The lowest BCUT2D eigenvalue weighted by molar-refractivity contribution is -0.120. The van der Waals surface area contributed by atoms with Crippen LogP contribution < -0.4 is 19.1 Å². The number of ether oxygens (including phenoxy) is 2. The molecule has 0 radical (unpaired) electrons. The molecule has 0 spiro atoms. The van der Waals surface area contributed by atoms with Gasteiger partial charge in [0.2, 0.25) is 15.9 Å². The molecule has 0 unspecified atom stereocenters. The number of rotatable bonds is 9. The SMILES string of the molecule is COc1ccc(OC)c([C@H](C)NC(=O)CN(c2ccccc2C(C)C)S(C)(=O)=O)c1. The Kier molecular flexibility index (Phi) is 7.72. The van der Waals surface area contributed by atoms with Crippen molar-refractivity contribution >= 4 is 21.6 Å². The number of nitrogens with zero attached hydrogens (tertiary/aromatic N) is 1. The number of sulfonamides is 1. The number of hydrogen-bond acceptors (Lipinski definition) is 5. The molecular formula is C22H30N2O5S. The summed E-state index contributed by atoms with van der Waals surface area (Å²) in [4.78, 5) is 12.8. The number of benzene rings is 2. The summed E-state index contributed by atoms with van der Waals surface area (Å²) in [6.45, 7) is 5.45. The Labute approximate surface area is 179 Å². The zero-order valence-corrected chi connectivity index (χ0v) is 19.1. The predicted octanol–water partition coefficient (Wildman–Crippen LogP) is 3.47. The zero-order valence-electron chi connectivity index (χ0n) is 18.3. The highest BCUT2D eigenvalue weighted by atomic mass is 32.2. The van der Waals surface area contributed by atoms with Gasteiger partial charge in [0, 0.05) is 5.56 Å². The quantitative estimate of drug-likeness (QED) is 0.653. The molecule has 8 heteroatoms. The van der Waals surface area contributed by atoms with E-state index in [1.807, 2.05) is 32.9 Å². The van der Waals surface area contributed by atoms with Crippen LogP contribution in [0.25, 0.3) is 0 Å². The fourth-order valence-electron chi connectivity index (χ4n) is 3.26. The van der Waals surface area contributed by atoms with Crippen LogP contribution in [0.4, 0.5) is 5.69 Å². The van der Waals surface area contributed by atoms with Gasteiger partial charge in [-0.25, -0.2) is 8.42 Å². The van der Waals surface area contributed by atoms with Gasteiger partial charge in [-0.3, -0.25) is 9.10 Å². The lowest BCUT2D eigenvalue weighted by atomic mass is 10.0. The van der Waals surface area contributed by atoms with Crippen molar-refractivity contribution in [1.29, 1.82) is 0 Å². The topological polar surface area (TPSA) is 84.9 Å². The minimum atomic E-state index is -3.67. The van der Waals surface area contributed by atoms with Gasteiger partial charge in [-0.1, -0.05) is 32.0 Å². The molecule has 0 saturated carbocycles. The Morgan fingerprint density at radius 3 is 2.27 bits per heavy atom. The van der Waals surface area contributed by atoms with Gasteiger partial charge in [0.1, 0.15) is 18.0 Å². The largest absolute Gasteiger partial charge is 0.497 e. The van der Waals surface area contributed by atoms with Crippen LogP contribution in [0.5, 0.6) is 11.5 Å². The van der Waals surface area contributed by atoms with Crippen LogP contribution in [-0.4, -0.2) is 41.3 Å². The first kappa shape index (κ1) is 23.5. The second-order valence-corrected chi connectivity index (χ2v) is 9.29. The molecule has 1 amide bonds. The standard InChI is InChI=1S/C22H30N2O5S/c1-15(2)18-9-7-8-10-20(18)24(30(6,26)27)14-22(25)23-16(3)19-13-17(28-4)11-12-21(19)29-5/h7-13,15-16H,14H2,1-6H3,(H,23,25)/t16-/m0/s1. The highest BCUT2D eigenvalue weighted by Crippen LogP contribution is 2.30. The first-order valence-corrected chi connectivity index (χ1v) is 11.5. The van der Waals surface area contributed by atoms with E-state index in [1.165, 1.54) is 0 Å². The van der Waals surface area contributed by atoms with Gasteiger partial charge in [-0.15, -0.1) is 0 Å². The minimum absolute atomic E-state index is 0.105. The van der Waals surface area contributed by atoms with Crippen LogP contribution in [0, 0.1) is 0 Å². The maximum absolute atomic E-state index is 12.8. The highest BCUT2D eigenvalue weighted by molar-refractivity contribution is 7.92. The fraction of sp³-hybridized carbons (Fsp3) is 0.409. The molecule has 0 fully saturated rings. The van der Waals surface area contributed by atoms with E-state index < -0.39 is 22.0 Å². The minimum Gasteiger partial charge on any atom is -0.497 e. The Bertz CT molecular complexity index is 989. The van der Waals surface area contributed by atoms with Crippen LogP contribution in [-0.2, 0) is 14.8 Å². The zero-order chi connectivity index (χ0) is 22.5. The summed E-state index contributed by atoms with van der Waals surface area (Å²) in [6, 6.07) is 12.1. The molecule has 2 aromatic rings. The molecule has 0 aliphatic heterocycles. The summed E-state index contributed by atoms with van der Waals surface area (Å²) in [5, 5.41) is 2.86. The first-order valence-electron chi connectivity index (χ1n) is 9.66. The van der Waals surface area contributed by atoms with Gasteiger partial charge in [-0.05, 0) is 42.7 Å². The van der Waals surface area contributed by atoms with E-state index in [9.17, 15) is 13.2 Å². The third kappa shape index (κ3) is 5.66. The van der Waals surface area contributed by atoms with Gasteiger partial charge < -0.3 is 14.8 Å². The van der Waals surface area contributed by atoms with Crippen molar-refractivity contribution in [3.05, 3.63) is 53.6 Å². The average Bonchev–Trinajstić information content (AvgIpc) is 2.70. The molecule has 0 heterocycles. The monoisotopic (exact) mass is 434 g/mol. The summed E-state index contributed by atoms with van der Waals surface area (Å²) in [5.41, 5.74) is 2.11. The third-order valence-corrected chi connectivity index (χ3v) is 5.92. The second-order valence-electron chi connectivity index (χ2n) is 7.38. The van der Waals surface area contributed by atoms with Gasteiger partial charge in [0.25, 0.3) is 0 Å². The lowest BCUT2D eigenvalue weighted by Crippen LogP contribution is -2.41. The van der Waals surface area contributed by atoms with E-state index >= 15 is 0 Å². The molecule has 164 valence electrons. The third-order valence-electron chi connectivity index (χ3n) is 4.80. The van der Waals surface area contributed by atoms with Gasteiger partial charge in [0.05, 0.1) is 32.2 Å². The molecule has 30 heavy (non-hydrogen) atoms. The Hall–Kier alpha value is -2.74. The van der Waals surface area contributed by atoms with Crippen LogP contribution >= 0.6 is 0 Å². The van der Waals surface area contributed by atoms with Crippen molar-refractivity contribution in [1.82, 2.24) is 5.32 Å². The van der Waals surface area contributed by atoms with Crippen molar-refractivity contribution in [2.45, 2.75) is 32.7 Å². The number of nitrogens with one attached hydrogen (secondary N) is 1. The molecule has 0 aliphatic carbocycles. The van der Waals surface area contributed by atoms with E-state index in [-0.39, 0.29) is 12.5 Å². The summed E-state index contributed by atoms with van der Waals surface area (Å²) in [5.74, 6) is 0.925. The second kappa shape index (κ2) is 9.84. The summed E-state index contributed by atoms with van der Waals surface area (Å²) < 4.78 is 36.8. The van der Waals surface area contributed by atoms with Gasteiger partial charge >= 0.3 is 0 Å². The van der Waals surface area contributed by atoms with Crippen LogP contribution in [0.15, 0.2) is 42.5 Å². The smallest absolute Gasteiger partial charge is 0.241 e. The predicted molar refractivity (Wildman–Crippen MR) is 119 cm³/mol. The molecule has 0 bridgehead atoms. The normalized spacial score (nSPS) is 12.4. The number of hydrogen-bond donors (Lipinski definition) is 1. The van der Waals surface area contributed by atoms with E-state index in [0.717, 1.165) is 21.7 Å². The molecule has 2 aromatic carbocycles. The molecule has 0 saturated heterocycles. The number of para-hydroxylation sites is 1. The van der Waals surface area contributed by atoms with E-state index in [4.69, 9.17) is 9.47 Å². The van der Waals surface area contributed by atoms with Crippen molar-refractivity contribution in [3.8, 4) is 11.5 Å². The number of amides is 1. The number of methoxy groups -OCH3 is 2. The molecule has 0 aromatic heterocycles. The molecule has 0 aliphatic rings. The number of anilines is 1. The highest BCUT2D eigenvalue weighted by Gasteiger charge is 2.25. The van der Waals surface area contributed by atoms with Gasteiger partial charge in [-0.2, -0.15) is 0 Å². The van der Waals surface area contributed by atoms with Gasteiger partial charge in [0.15, 0.2) is 0 Å². The molecule has 2 rings (SSSR count). The Balaban J connectivity index is 2.28. The van der Waals surface area contributed by atoms with E-state index in [1.54, 1.807) is 44.6 Å². The fourth-order valence-corrected chi connectivity index (χ4v) is 4.13. The Morgan fingerprint density at radius 1 is 1.03 bits per heavy atom. The average molecular weight is 435 g/mol. The molecule has 7 nitrogen and oxygen atoms in total. The van der Waals surface area contributed by atoms with Crippen molar-refractivity contribution in [2.75, 3.05) is 31.3 Å². The lowest BCUT2D eigenvalue weighted by Gasteiger charge is -2.26. The summed E-state index contributed by atoms with van der Waals surface area (Å²) >= 11 is 0. The van der Waals surface area contributed by atoms with E-state index in [0.29, 0.717) is 17.2 Å². The van der Waals surface area contributed by atoms with Crippen LogP contribution in [0.3, 0.4) is 0 Å². The van der Waals surface area contributed by atoms with Crippen molar-refractivity contribution < 1.29 is 22.7 Å². The number of carbonyl (C=O) groups is 1. The molecule has 1 atom stereocenters.